The smallest absolute Gasteiger partial charge is 0.189 e. The molecule has 0 saturated carbocycles. The van der Waals surface area contributed by atoms with Crippen LogP contribution in [0.25, 0.3) is 0 Å². The van der Waals surface area contributed by atoms with Crippen molar-refractivity contribution in [1.29, 1.82) is 0 Å². The maximum atomic E-state index is 12.4. The molecule has 4 atom stereocenters. The number of hydrogen-bond donors (Lipinski definition) is 3. The van der Waals surface area contributed by atoms with Crippen LogP contribution in [0.5, 0.6) is 0 Å². The number of aliphatic hydroxyl groups excluding tert-OH is 3. The van der Waals surface area contributed by atoms with Crippen LogP contribution in [-0.4, -0.2) is 46.6 Å². The van der Waals surface area contributed by atoms with Gasteiger partial charge in [-0.15, -0.1) is 0 Å². The van der Waals surface area contributed by atoms with E-state index in [1.807, 2.05) is 0 Å². The molecule has 0 bridgehead atoms. The van der Waals surface area contributed by atoms with Gasteiger partial charge < -0.3 is 20.1 Å². The van der Waals surface area contributed by atoms with Gasteiger partial charge in [0.15, 0.2) is 12.5 Å². The first-order chi connectivity index (χ1) is 4.66. The highest BCUT2D eigenvalue weighted by Gasteiger charge is 2.42. The zero-order valence-electron chi connectivity index (χ0n) is 5.14. The van der Waals surface area contributed by atoms with Crippen molar-refractivity contribution < 1.29 is 24.4 Å². The largest absolute Gasteiger partial charge is 0.394 e. The summed E-state index contributed by atoms with van der Waals surface area (Å²) in [6.07, 6.45) is -5.82. The van der Waals surface area contributed by atoms with Crippen LogP contribution in [0.15, 0.2) is 0 Å². The van der Waals surface area contributed by atoms with Crippen molar-refractivity contribution in [3.8, 4) is 0 Å². The minimum Gasteiger partial charge on any atom is -0.394 e. The normalized spacial score (nSPS) is 48.0. The Labute approximate surface area is 56.9 Å². The lowest BCUT2D eigenvalue weighted by Crippen LogP contribution is -2.30. The van der Waals surface area contributed by atoms with E-state index in [4.69, 9.17) is 15.3 Å². The summed E-state index contributed by atoms with van der Waals surface area (Å²) in [7, 11) is 0. The van der Waals surface area contributed by atoms with Crippen molar-refractivity contribution in [2.45, 2.75) is 24.7 Å². The molecule has 1 heterocycles. The van der Waals surface area contributed by atoms with Gasteiger partial charge >= 0.3 is 0 Å². The second-order valence-electron chi connectivity index (χ2n) is 2.18. The van der Waals surface area contributed by atoms with Gasteiger partial charge in [0.25, 0.3) is 0 Å². The molecule has 0 amide bonds. The lowest BCUT2D eigenvalue weighted by atomic mass is 10.2. The highest BCUT2D eigenvalue weighted by atomic mass is 19.1. The molecule has 0 unspecified atom stereocenters. The lowest BCUT2D eigenvalue weighted by molar-refractivity contribution is -0.121. The monoisotopic (exact) mass is 152 g/mol. The summed E-state index contributed by atoms with van der Waals surface area (Å²) < 4.78 is 16.8. The Hall–Kier alpha value is -0.230. The molecule has 60 valence electrons. The van der Waals surface area contributed by atoms with E-state index in [2.05, 4.69) is 4.74 Å². The zero-order valence-corrected chi connectivity index (χ0v) is 5.14. The van der Waals surface area contributed by atoms with Gasteiger partial charge in [-0.1, -0.05) is 0 Å². The predicted octanol–water partition coefficient (Wildman–Crippen LogP) is -1.61. The van der Waals surface area contributed by atoms with E-state index in [-0.39, 0.29) is 0 Å². The average Bonchev–Trinajstić information content (AvgIpc) is 2.17. The predicted molar refractivity (Wildman–Crippen MR) is 28.9 cm³/mol. The molecule has 4 nitrogen and oxygen atoms in total. The number of aliphatic hydroxyl groups is 3. The number of alkyl halides is 1. The van der Waals surface area contributed by atoms with E-state index in [1.54, 1.807) is 0 Å². The average molecular weight is 152 g/mol. The van der Waals surface area contributed by atoms with Crippen LogP contribution in [0.1, 0.15) is 0 Å². The standard InChI is InChI=1S/C5H9FO4/c6-3-4(8)2(1-7)10-5(3)9/h2-5,7-9H,1H2/t2-,3+,4-,5+/m0/s1. The van der Waals surface area contributed by atoms with Gasteiger partial charge in [0.1, 0.15) is 12.2 Å². The Kier molecular flexibility index (Phi) is 2.20. The summed E-state index contributed by atoms with van der Waals surface area (Å²) in [5.74, 6) is 0. The molecule has 0 spiro atoms. The highest BCUT2D eigenvalue weighted by molar-refractivity contribution is 4.85. The minimum absolute atomic E-state index is 0.487. The fourth-order valence-electron chi connectivity index (χ4n) is 0.859. The summed E-state index contributed by atoms with van der Waals surface area (Å²) in [6, 6.07) is 0. The first kappa shape index (κ1) is 7.87. The Morgan fingerprint density at radius 2 is 2.00 bits per heavy atom. The number of rotatable bonds is 1. The first-order valence-corrected chi connectivity index (χ1v) is 2.93. The van der Waals surface area contributed by atoms with Crippen LogP contribution in [0.4, 0.5) is 4.39 Å². The van der Waals surface area contributed by atoms with Crippen LogP contribution in [0, 0.1) is 0 Å². The Morgan fingerprint density at radius 3 is 2.20 bits per heavy atom. The topological polar surface area (TPSA) is 69.9 Å². The third kappa shape index (κ3) is 1.13. The Morgan fingerprint density at radius 1 is 1.40 bits per heavy atom. The molecule has 0 radical (unpaired) electrons. The summed E-state index contributed by atoms with van der Waals surface area (Å²) in [6.45, 7) is -0.487. The second-order valence-corrected chi connectivity index (χ2v) is 2.18. The number of halogens is 1. The molecule has 1 rings (SSSR count). The first-order valence-electron chi connectivity index (χ1n) is 2.93. The summed E-state index contributed by atoms with van der Waals surface area (Å²) in [5.41, 5.74) is 0. The fraction of sp³-hybridized carbons (Fsp3) is 1.00. The fourth-order valence-corrected chi connectivity index (χ4v) is 0.859. The van der Waals surface area contributed by atoms with E-state index in [1.165, 1.54) is 0 Å². The van der Waals surface area contributed by atoms with Crippen molar-refractivity contribution in [1.82, 2.24) is 0 Å². The van der Waals surface area contributed by atoms with Crippen LogP contribution >= 0.6 is 0 Å². The highest BCUT2D eigenvalue weighted by Crippen LogP contribution is 2.21. The summed E-state index contributed by atoms with van der Waals surface area (Å²) in [5, 5.41) is 25.8. The summed E-state index contributed by atoms with van der Waals surface area (Å²) in [4.78, 5) is 0. The maximum absolute atomic E-state index is 12.4. The van der Waals surface area contributed by atoms with Crippen molar-refractivity contribution in [3.05, 3.63) is 0 Å². The molecule has 1 fully saturated rings. The van der Waals surface area contributed by atoms with Gasteiger partial charge in [0, 0.05) is 0 Å². The van der Waals surface area contributed by atoms with Gasteiger partial charge in [0.05, 0.1) is 6.61 Å². The Bertz CT molecular complexity index is 120. The van der Waals surface area contributed by atoms with Gasteiger partial charge in [-0.25, -0.2) is 4.39 Å². The van der Waals surface area contributed by atoms with E-state index in [0.29, 0.717) is 0 Å². The molecular weight excluding hydrogens is 143 g/mol. The maximum Gasteiger partial charge on any atom is 0.189 e. The van der Waals surface area contributed by atoms with Crippen LogP contribution in [-0.2, 0) is 4.74 Å². The zero-order chi connectivity index (χ0) is 7.72. The molecule has 1 aliphatic heterocycles. The van der Waals surface area contributed by atoms with Gasteiger partial charge in [-0.2, -0.15) is 0 Å². The molecule has 1 saturated heterocycles. The molecule has 10 heavy (non-hydrogen) atoms. The molecule has 0 aromatic rings. The quantitative estimate of drug-likeness (QED) is 0.423. The molecular formula is C5H9FO4. The Balaban J connectivity index is 2.53. The van der Waals surface area contributed by atoms with Crippen molar-refractivity contribution in [2.75, 3.05) is 6.61 Å². The second kappa shape index (κ2) is 2.79. The SMILES string of the molecule is OC[C@@H]1O[C@@H](O)[C@H](F)[C@H]1O. The van der Waals surface area contributed by atoms with Crippen molar-refractivity contribution in [2.24, 2.45) is 0 Å². The van der Waals surface area contributed by atoms with Crippen LogP contribution in [0.3, 0.4) is 0 Å². The number of ether oxygens (including phenoxy) is 1. The van der Waals surface area contributed by atoms with E-state index in [9.17, 15) is 4.39 Å². The molecule has 0 aliphatic carbocycles. The van der Waals surface area contributed by atoms with Gasteiger partial charge in [-0.05, 0) is 0 Å². The van der Waals surface area contributed by atoms with Gasteiger partial charge in [-0.3, -0.25) is 0 Å². The third-order valence-electron chi connectivity index (χ3n) is 1.47. The van der Waals surface area contributed by atoms with Crippen LogP contribution < -0.4 is 0 Å². The number of hydrogen-bond acceptors (Lipinski definition) is 4. The molecule has 5 heteroatoms. The minimum atomic E-state index is -1.81. The summed E-state index contributed by atoms with van der Waals surface area (Å²) >= 11 is 0. The molecule has 3 N–H and O–H groups in total. The van der Waals surface area contributed by atoms with Crippen molar-refractivity contribution >= 4 is 0 Å². The van der Waals surface area contributed by atoms with E-state index >= 15 is 0 Å². The lowest BCUT2D eigenvalue weighted by Gasteiger charge is -2.08. The third-order valence-corrected chi connectivity index (χ3v) is 1.47. The molecule has 0 aromatic carbocycles. The van der Waals surface area contributed by atoms with E-state index in [0.717, 1.165) is 0 Å². The van der Waals surface area contributed by atoms with Crippen molar-refractivity contribution in [3.63, 3.8) is 0 Å². The van der Waals surface area contributed by atoms with Gasteiger partial charge in [0.2, 0.25) is 0 Å². The molecule has 0 aromatic heterocycles. The van der Waals surface area contributed by atoms with E-state index < -0.39 is 31.3 Å². The van der Waals surface area contributed by atoms with Crippen LogP contribution in [0.2, 0.25) is 0 Å². The molecule has 1 aliphatic rings.